The molecule has 2 aromatic rings. The van der Waals surface area contributed by atoms with Crippen LogP contribution in [-0.4, -0.2) is 34.4 Å². The van der Waals surface area contributed by atoms with Gasteiger partial charge in [0.25, 0.3) is 0 Å². The average molecular weight is 386 g/mol. The minimum absolute atomic E-state index is 0.339. The first-order valence-electron chi connectivity index (χ1n) is 6.79. The Labute approximate surface area is 142 Å². The van der Waals surface area contributed by atoms with Crippen LogP contribution in [0, 0.1) is 0 Å². The van der Waals surface area contributed by atoms with Crippen LogP contribution in [0.2, 0.25) is 0 Å². The van der Waals surface area contributed by atoms with Gasteiger partial charge in [-0.1, -0.05) is 0 Å². The zero-order chi connectivity index (χ0) is 16.2. The van der Waals surface area contributed by atoms with Gasteiger partial charge in [-0.15, -0.1) is 11.3 Å². The van der Waals surface area contributed by atoms with Gasteiger partial charge in [0.1, 0.15) is 5.60 Å². The van der Waals surface area contributed by atoms with Crippen LogP contribution < -0.4 is 10.6 Å². The molecule has 0 saturated carbocycles. The molecule has 0 aliphatic heterocycles. The van der Waals surface area contributed by atoms with Crippen LogP contribution in [0.25, 0.3) is 0 Å². The fourth-order valence-electron chi connectivity index (χ4n) is 1.90. The molecular weight excluding hydrogens is 366 g/mol. The standard InChI is InChI=1S/C14H20BrN5OS/c1-14(21,11-6-19-20(3)7-11)9-18-13(16-2)17-5-10-4-12(15)22-8-10/h4,6-8,21H,5,9H2,1-3H3,(H2,16,17,18). The summed E-state index contributed by atoms with van der Waals surface area (Å²) in [6.07, 6.45) is 3.47. The minimum Gasteiger partial charge on any atom is -0.383 e. The predicted octanol–water partition coefficient (Wildman–Crippen LogP) is 1.82. The number of nitrogens with zero attached hydrogens (tertiary/aromatic N) is 3. The Bertz CT molecular complexity index is 649. The summed E-state index contributed by atoms with van der Waals surface area (Å²) in [4.78, 5) is 4.17. The lowest BCUT2D eigenvalue weighted by Gasteiger charge is -2.23. The Morgan fingerprint density at radius 1 is 1.55 bits per heavy atom. The molecule has 120 valence electrons. The maximum Gasteiger partial charge on any atom is 0.191 e. The van der Waals surface area contributed by atoms with Crippen LogP contribution in [0.1, 0.15) is 18.1 Å². The van der Waals surface area contributed by atoms with Gasteiger partial charge < -0.3 is 15.7 Å². The lowest BCUT2D eigenvalue weighted by Crippen LogP contribution is -2.44. The van der Waals surface area contributed by atoms with E-state index in [-0.39, 0.29) is 0 Å². The van der Waals surface area contributed by atoms with Crippen LogP contribution in [0.3, 0.4) is 0 Å². The number of hydrogen-bond donors (Lipinski definition) is 3. The number of aliphatic imine (C=N–C) groups is 1. The van der Waals surface area contributed by atoms with Crippen molar-refractivity contribution in [3.8, 4) is 0 Å². The smallest absolute Gasteiger partial charge is 0.191 e. The van der Waals surface area contributed by atoms with Crippen LogP contribution in [0.5, 0.6) is 0 Å². The third kappa shape index (κ3) is 4.56. The van der Waals surface area contributed by atoms with Crippen molar-refractivity contribution < 1.29 is 5.11 Å². The lowest BCUT2D eigenvalue weighted by atomic mass is 10.00. The second kappa shape index (κ2) is 7.26. The molecule has 6 nitrogen and oxygen atoms in total. The Kier molecular flexibility index (Phi) is 5.60. The predicted molar refractivity (Wildman–Crippen MR) is 93.0 cm³/mol. The zero-order valence-electron chi connectivity index (χ0n) is 12.8. The SMILES string of the molecule is CN=C(NCc1csc(Br)c1)NCC(C)(O)c1cnn(C)c1. The summed E-state index contributed by atoms with van der Waals surface area (Å²) >= 11 is 5.09. The van der Waals surface area contributed by atoms with Gasteiger partial charge in [0.05, 0.1) is 16.5 Å². The normalized spacial score (nSPS) is 14.7. The Morgan fingerprint density at radius 3 is 2.86 bits per heavy atom. The molecule has 0 bridgehead atoms. The fraction of sp³-hybridized carbons (Fsp3) is 0.429. The van der Waals surface area contributed by atoms with Gasteiger partial charge in [0.2, 0.25) is 0 Å². The maximum atomic E-state index is 10.5. The number of aliphatic hydroxyl groups is 1. The quantitative estimate of drug-likeness (QED) is 0.541. The van der Waals surface area contributed by atoms with Crippen molar-refractivity contribution in [3.05, 3.63) is 38.8 Å². The minimum atomic E-state index is -1.02. The molecular formula is C14H20BrN5OS. The highest BCUT2D eigenvalue weighted by atomic mass is 79.9. The van der Waals surface area contributed by atoms with E-state index in [2.05, 4.69) is 48.1 Å². The molecule has 0 aliphatic carbocycles. The Hall–Kier alpha value is -1.38. The second-order valence-corrected chi connectivity index (χ2v) is 7.51. The molecule has 0 aromatic carbocycles. The molecule has 3 N–H and O–H groups in total. The van der Waals surface area contributed by atoms with Gasteiger partial charge >= 0.3 is 0 Å². The summed E-state index contributed by atoms with van der Waals surface area (Å²) < 4.78 is 2.78. The molecule has 1 unspecified atom stereocenters. The van der Waals surface area contributed by atoms with Crippen molar-refractivity contribution >= 4 is 33.2 Å². The van der Waals surface area contributed by atoms with Crippen LogP contribution >= 0.6 is 27.3 Å². The van der Waals surface area contributed by atoms with Gasteiger partial charge in [-0.25, -0.2) is 0 Å². The molecule has 0 amide bonds. The lowest BCUT2D eigenvalue weighted by molar-refractivity contribution is 0.0616. The van der Waals surface area contributed by atoms with E-state index in [4.69, 9.17) is 0 Å². The number of nitrogens with one attached hydrogen (secondary N) is 2. The molecule has 8 heteroatoms. The van der Waals surface area contributed by atoms with Gasteiger partial charge in [-0.05, 0) is 39.9 Å². The number of guanidine groups is 1. The van der Waals surface area contributed by atoms with Gasteiger partial charge in [0.15, 0.2) is 5.96 Å². The summed E-state index contributed by atoms with van der Waals surface area (Å²) in [6.45, 7) is 2.77. The van der Waals surface area contributed by atoms with E-state index in [1.54, 1.807) is 42.4 Å². The fourth-order valence-corrected chi connectivity index (χ4v) is 3.11. The van der Waals surface area contributed by atoms with Crippen molar-refractivity contribution in [2.24, 2.45) is 12.0 Å². The number of aromatic nitrogens is 2. The molecule has 2 heterocycles. The van der Waals surface area contributed by atoms with Crippen molar-refractivity contribution in [2.75, 3.05) is 13.6 Å². The Morgan fingerprint density at radius 2 is 2.32 bits per heavy atom. The summed E-state index contributed by atoms with van der Waals surface area (Å²) in [5, 5.41) is 23.1. The summed E-state index contributed by atoms with van der Waals surface area (Å²) in [6, 6.07) is 2.07. The van der Waals surface area contributed by atoms with Crippen molar-refractivity contribution in [1.82, 2.24) is 20.4 Å². The van der Waals surface area contributed by atoms with Gasteiger partial charge in [-0.2, -0.15) is 5.10 Å². The topological polar surface area (TPSA) is 74.5 Å². The van der Waals surface area contributed by atoms with Crippen LogP contribution in [0.4, 0.5) is 0 Å². The number of rotatable bonds is 5. The van der Waals surface area contributed by atoms with Crippen LogP contribution in [-0.2, 0) is 19.2 Å². The largest absolute Gasteiger partial charge is 0.383 e. The second-order valence-electron chi connectivity index (χ2n) is 5.21. The van der Waals surface area contributed by atoms with Crippen molar-refractivity contribution in [3.63, 3.8) is 0 Å². The first-order chi connectivity index (χ1) is 10.4. The molecule has 0 saturated heterocycles. The van der Waals surface area contributed by atoms with Gasteiger partial charge in [0, 0.05) is 32.4 Å². The number of hydrogen-bond acceptors (Lipinski definition) is 4. The van der Waals surface area contributed by atoms with E-state index in [1.165, 1.54) is 5.56 Å². The van der Waals surface area contributed by atoms with Crippen molar-refractivity contribution in [2.45, 2.75) is 19.1 Å². The van der Waals surface area contributed by atoms with E-state index in [0.29, 0.717) is 19.0 Å². The molecule has 0 fully saturated rings. The highest BCUT2D eigenvalue weighted by Gasteiger charge is 2.24. The van der Waals surface area contributed by atoms with Crippen LogP contribution in [0.15, 0.2) is 32.6 Å². The molecule has 0 spiro atoms. The highest BCUT2D eigenvalue weighted by Crippen LogP contribution is 2.20. The van der Waals surface area contributed by atoms with Gasteiger partial charge in [-0.3, -0.25) is 9.67 Å². The van der Waals surface area contributed by atoms with E-state index < -0.39 is 5.60 Å². The Balaban J connectivity index is 1.88. The molecule has 0 radical (unpaired) electrons. The first kappa shape index (κ1) is 17.0. The third-order valence-corrected chi connectivity index (χ3v) is 4.79. The summed E-state index contributed by atoms with van der Waals surface area (Å²) in [5.74, 6) is 0.645. The maximum absolute atomic E-state index is 10.5. The summed E-state index contributed by atoms with van der Waals surface area (Å²) in [5.41, 5.74) is 0.927. The summed E-state index contributed by atoms with van der Waals surface area (Å²) in [7, 11) is 3.53. The average Bonchev–Trinajstić information content (AvgIpc) is 3.08. The number of aryl methyl sites for hydroxylation is 1. The number of halogens is 1. The molecule has 2 rings (SSSR count). The highest BCUT2D eigenvalue weighted by molar-refractivity contribution is 9.11. The molecule has 2 aromatic heterocycles. The zero-order valence-corrected chi connectivity index (χ0v) is 15.2. The monoisotopic (exact) mass is 385 g/mol. The first-order valence-corrected chi connectivity index (χ1v) is 8.47. The molecule has 22 heavy (non-hydrogen) atoms. The van der Waals surface area contributed by atoms with E-state index in [9.17, 15) is 5.11 Å². The van der Waals surface area contributed by atoms with Crippen molar-refractivity contribution in [1.29, 1.82) is 0 Å². The van der Waals surface area contributed by atoms with E-state index in [1.807, 2.05) is 7.05 Å². The van der Waals surface area contributed by atoms with E-state index >= 15 is 0 Å². The molecule has 1 atom stereocenters. The third-order valence-electron chi connectivity index (χ3n) is 3.23. The van der Waals surface area contributed by atoms with E-state index in [0.717, 1.165) is 9.35 Å². The number of thiophene rings is 1. The molecule has 0 aliphatic rings.